The third-order valence-electron chi connectivity index (χ3n) is 2.11. The molecule has 5 heteroatoms. The first-order valence-electron chi connectivity index (χ1n) is 5.09. The predicted molar refractivity (Wildman–Crippen MR) is 63.4 cm³/mol. The second-order valence-electron chi connectivity index (χ2n) is 3.42. The normalized spacial score (nSPS) is 10.6. The fraction of sp³-hybridized carbons (Fsp3) is 0.154. The molecule has 1 aromatic rings. The molecule has 0 saturated carbocycles. The summed E-state index contributed by atoms with van der Waals surface area (Å²) in [6.07, 6.45) is 0.344. The second-order valence-corrected chi connectivity index (χ2v) is 3.42. The van der Waals surface area contributed by atoms with Gasteiger partial charge in [-0.2, -0.15) is 10.5 Å². The van der Waals surface area contributed by atoms with E-state index in [1.165, 1.54) is 13.0 Å². The minimum Gasteiger partial charge on any atom is -0.479 e. The standard InChI is InChI=1S/C13H10N2O3/c1-9(13(16)17)18-12-5-3-2-4-11(12)6-10(7-14)8-15/h2-6,9H,1H3,(H,16,17). The zero-order valence-corrected chi connectivity index (χ0v) is 9.62. The number of hydrogen-bond acceptors (Lipinski definition) is 4. The van der Waals surface area contributed by atoms with Gasteiger partial charge in [-0.15, -0.1) is 0 Å². The monoisotopic (exact) mass is 242 g/mol. The molecule has 0 aliphatic rings. The van der Waals surface area contributed by atoms with Gasteiger partial charge in [0.1, 0.15) is 23.5 Å². The van der Waals surface area contributed by atoms with Gasteiger partial charge in [0.05, 0.1) is 0 Å². The summed E-state index contributed by atoms with van der Waals surface area (Å²) in [4.78, 5) is 10.7. The molecule has 0 aliphatic heterocycles. The molecule has 0 aliphatic carbocycles. The van der Waals surface area contributed by atoms with Gasteiger partial charge in [-0.05, 0) is 19.1 Å². The third-order valence-corrected chi connectivity index (χ3v) is 2.11. The van der Waals surface area contributed by atoms with Crippen molar-refractivity contribution in [3.05, 3.63) is 35.4 Å². The number of benzene rings is 1. The first-order valence-corrected chi connectivity index (χ1v) is 5.09. The van der Waals surface area contributed by atoms with Gasteiger partial charge in [0.25, 0.3) is 0 Å². The van der Waals surface area contributed by atoms with Crippen molar-refractivity contribution in [2.45, 2.75) is 13.0 Å². The van der Waals surface area contributed by atoms with Crippen LogP contribution in [0.3, 0.4) is 0 Å². The van der Waals surface area contributed by atoms with E-state index in [0.717, 1.165) is 0 Å². The van der Waals surface area contributed by atoms with Crippen molar-refractivity contribution in [2.24, 2.45) is 0 Å². The summed E-state index contributed by atoms with van der Waals surface area (Å²) in [5.41, 5.74) is 0.415. The predicted octanol–water partition coefficient (Wildman–Crippen LogP) is 1.97. The van der Waals surface area contributed by atoms with E-state index in [9.17, 15) is 4.79 Å². The molecule has 1 rings (SSSR count). The lowest BCUT2D eigenvalue weighted by Gasteiger charge is -2.12. The van der Waals surface area contributed by atoms with Crippen LogP contribution in [0.4, 0.5) is 0 Å². The summed E-state index contributed by atoms with van der Waals surface area (Å²) in [5, 5.41) is 26.1. The van der Waals surface area contributed by atoms with Crippen LogP contribution in [0.2, 0.25) is 0 Å². The molecule has 1 unspecified atom stereocenters. The van der Waals surface area contributed by atoms with Crippen molar-refractivity contribution in [1.29, 1.82) is 10.5 Å². The molecule has 0 fully saturated rings. The lowest BCUT2D eigenvalue weighted by atomic mass is 10.1. The number of carboxylic acids is 1. The van der Waals surface area contributed by atoms with E-state index in [1.807, 2.05) is 0 Å². The van der Waals surface area contributed by atoms with Gasteiger partial charge < -0.3 is 9.84 Å². The molecular weight excluding hydrogens is 232 g/mol. The Morgan fingerprint density at radius 3 is 2.56 bits per heavy atom. The molecule has 0 heterocycles. The number of hydrogen-bond donors (Lipinski definition) is 1. The van der Waals surface area contributed by atoms with Crippen LogP contribution < -0.4 is 4.74 Å². The Morgan fingerprint density at radius 2 is 2.00 bits per heavy atom. The van der Waals surface area contributed by atoms with E-state index in [-0.39, 0.29) is 5.57 Å². The van der Waals surface area contributed by atoms with Gasteiger partial charge in [-0.25, -0.2) is 4.79 Å². The largest absolute Gasteiger partial charge is 0.479 e. The van der Waals surface area contributed by atoms with Crippen LogP contribution in [0.5, 0.6) is 5.75 Å². The number of carboxylic acid groups (broad SMARTS) is 1. The SMILES string of the molecule is CC(Oc1ccccc1C=C(C#N)C#N)C(=O)O. The maximum absolute atomic E-state index is 10.7. The van der Waals surface area contributed by atoms with Crippen LogP contribution in [-0.4, -0.2) is 17.2 Å². The molecule has 1 aromatic carbocycles. The molecule has 1 atom stereocenters. The van der Waals surface area contributed by atoms with Crippen molar-refractivity contribution in [3.8, 4) is 17.9 Å². The van der Waals surface area contributed by atoms with Crippen molar-refractivity contribution in [3.63, 3.8) is 0 Å². The van der Waals surface area contributed by atoms with E-state index < -0.39 is 12.1 Å². The molecule has 0 spiro atoms. The molecule has 1 N–H and O–H groups in total. The molecule has 0 bridgehead atoms. The summed E-state index contributed by atoms with van der Waals surface area (Å²) in [5.74, 6) is -0.773. The summed E-state index contributed by atoms with van der Waals surface area (Å²) >= 11 is 0. The van der Waals surface area contributed by atoms with Crippen LogP contribution in [0.25, 0.3) is 6.08 Å². The van der Waals surface area contributed by atoms with Gasteiger partial charge in [-0.3, -0.25) is 0 Å². The Balaban J connectivity index is 3.09. The molecule has 90 valence electrons. The van der Waals surface area contributed by atoms with Crippen molar-refractivity contribution in [2.75, 3.05) is 0 Å². The Hall–Kier alpha value is -2.79. The first kappa shape index (κ1) is 13.3. The van der Waals surface area contributed by atoms with Crippen molar-refractivity contribution in [1.82, 2.24) is 0 Å². The fourth-order valence-corrected chi connectivity index (χ4v) is 1.19. The summed E-state index contributed by atoms with van der Waals surface area (Å²) < 4.78 is 5.23. The second kappa shape index (κ2) is 6.07. The number of allylic oxidation sites excluding steroid dienone is 1. The number of rotatable bonds is 4. The van der Waals surface area contributed by atoms with E-state index in [4.69, 9.17) is 20.4 Å². The average Bonchev–Trinajstić information content (AvgIpc) is 2.37. The maximum atomic E-state index is 10.7. The molecule has 0 radical (unpaired) electrons. The van der Waals surface area contributed by atoms with Gasteiger partial charge in [0, 0.05) is 5.56 Å². The summed E-state index contributed by atoms with van der Waals surface area (Å²) in [7, 11) is 0. The average molecular weight is 242 g/mol. The van der Waals surface area contributed by atoms with E-state index in [1.54, 1.807) is 36.4 Å². The summed E-state index contributed by atoms with van der Waals surface area (Å²) in [6, 6.07) is 10.1. The Labute approximate surface area is 104 Å². The third kappa shape index (κ3) is 3.36. The Morgan fingerprint density at radius 1 is 1.39 bits per heavy atom. The van der Waals surface area contributed by atoms with E-state index in [0.29, 0.717) is 11.3 Å². The van der Waals surface area contributed by atoms with Gasteiger partial charge in [0.2, 0.25) is 0 Å². The fourth-order valence-electron chi connectivity index (χ4n) is 1.19. The highest BCUT2D eigenvalue weighted by Gasteiger charge is 2.14. The Kier molecular flexibility index (Phi) is 4.48. The molecule has 0 saturated heterocycles. The number of para-hydroxylation sites is 1. The number of carbonyl (C=O) groups is 1. The van der Waals surface area contributed by atoms with Crippen molar-refractivity contribution >= 4 is 12.0 Å². The maximum Gasteiger partial charge on any atom is 0.344 e. The molecule has 5 nitrogen and oxygen atoms in total. The lowest BCUT2D eigenvalue weighted by Crippen LogP contribution is -2.23. The van der Waals surface area contributed by atoms with E-state index in [2.05, 4.69) is 0 Å². The number of ether oxygens (including phenoxy) is 1. The van der Waals surface area contributed by atoms with Crippen molar-refractivity contribution < 1.29 is 14.6 Å². The highest BCUT2D eigenvalue weighted by atomic mass is 16.5. The Bertz CT molecular complexity index is 548. The zero-order valence-electron chi connectivity index (χ0n) is 9.62. The van der Waals surface area contributed by atoms with Gasteiger partial charge >= 0.3 is 5.97 Å². The van der Waals surface area contributed by atoms with Gasteiger partial charge in [0.15, 0.2) is 6.10 Å². The highest BCUT2D eigenvalue weighted by molar-refractivity contribution is 5.73. The summed E-state index contributed by atoms with van der Waals surface area (Å²) in [6.45, 7) is 1.40. The molecule has 0 aromatic heterocycles. The lowest BCUT2D eigenvalue weighted by molar-refractivity contribution is -0.144. The van der Waals surface area contributed by atoms with Crippen LogP contribution in [0, 0.1) is 22.7 Å². The van der Waals surface area contributed by atoms with Crippen LogP contribution in [0.1, 0.15) is 12.5 Å². The number of nitriles is 2. The molecule has 18 heavy (non-hydrogen) atoms. The smallest absolute Gasteiger partial charge is 0.344 e. The van der Waals surface area contributed by atoms with E-state index >= 15 is 0 Å². The highest BCUT2D eigenvalue weighted by Crippen LogP contribution is 2.22. The zero-order chi connectivity index (χ0) is 13.5. The molecular formula is C13H10N2O3. The van der Waals surface area contributed by atoms with Gasteiger partial charge in [-0.1, -0.05) is 18.2 Å². The first-order chi connectivity index (χ1) is 8.58. The minimum atomic E-state index is -1.09. The quantitative estimate of drug-likeness (QED) is 0.814. The number of nitrogens with zero attached hydrogens (tertiary/aromatic N) is 2. The van der Waals surface area contributed by atoms with Crippen LogP contribution >= 0.6 is 0 Å². The number of aliphatic carboxylic acids is 1. The van der Waals surface area contributed by atoms with Crippen LogP contribution in [0.15, 0.2) is 29.8 Å². The van der Waals surface area contributed by atoms with Crippen LogP contribution in [-0.2, 0) is 4.79 Å². The minimum absolute atomic E-state index is 0.0750. The molecule has 0 amide bonds. The topological polar surface area (TPSA) is 94.1 Å².